The van der Waals surface area contributed by atoms with Crippen LogP contribution in [0, 0.1) is 0 Å². The van der Waals surface area contributed by atoms with Crippen LogP contribution in [0.25, 0.3) is 10.8 Å². The quantitative estimate of drug-likeness (QED) is 0.821. The lowest BCUT2D eigenvalue weighted by Crippen LogP contribution is -2.06. The summed E-state index contributed by atoms with van der Waals surface area (Å²) in [5, 5.41) is 10.8. The largest absolute Gasteiger partial charge is 0.388 e. The van der Waals surface area contributed by atoms with Crippen LogP contribution in [0.1, 0.15) is 29.5 Å². The molecule has 0 radical (unpaired) electrons. The van der Waals surface area contributed by atoms with Crippen LogP contribution in [0.5, 0.6) is 0 Å². The molecule has 0 bridgehead atoms. The minimum absolute atomic E-state index is 0.324. The molecule has 84 valence electrons. The van der Waals surface area contributed by atoms with E-state index in [2.05, 4.69) is 9.97 Å². The van der Waals surface area contributed by atoms with Crippen molar-refractivity contribution < 1.29 is 5.11 Å². The zero-order valence-corrected chi connectivity index (χ0v) is 9.87. The first-order chi connectivity index (χ1) is 7.75. The second kappa shape index (κ2) is 3.68. The molecule has 16 heavy (non-hydrogen) atoms. The van der Waals surface area contributed by atoms with Crippen molar-refractivity contribution in [3.8, 4) is 10.8 Å². The van der Waals surface area contributed by atoms with Gasteiger partial charge < -0.3 is 9.67 Å². The van der Waals surface area contributed by atoms with E-state index in [9.17, 15) is 5.11 Å². The SMILES string of the molecule is Cn1ccnc1-c1nc2c(s1)C(O)CCC2. The van der Waals surface area contributed by atoms with E-state index in [1.165, 1.54) is 0 Å². The molecule has 0 saturated heterocycles. The van der Waals surface area contributed by atoms with E-state index in [1.54, 1.807) is 17.5 Å². The van der Waals surface area contributed by atoms with Gasteiger partial charge in [0.15, 0.2) is 10.8 Å². The van der Waals surface area contributed by atoms with Gasteiger partial charge in [-0.25, -0.2) is 9.97 Å². The summed E-state index contributed by atoms with van der Waals surface area (Å²) in [7, 11) is 1.96. The molecule has 2 aromatic heterocycles. The topological polar surface area (TPSA) is 50.9 Å². The van der Waals surface area contributed by atoms with Crippen LogP contribution in [0.2, 0.25) is 0 Å². The molecule has 1 aliphatic rings. The summed E-state index contributed by atoms with van der Waals surface area (Å²) >= 11 is 1.57. The van der Waals surface area contributed by atoms with E-state index in [4.69, 9.17) is 0 Å². The van der Waals surface area contributed by atoms with Gasteiger partial charge in [-0.1, -0.05) is 0 Å². The van der Waals surface area contributed by atoms with Gasteiger partial charge in [-0.2, -0.15) is 0 Å². The summed E-state index contributed by atoms with van der Waals surface area (Å²) in [6.07, 6.45) is 6.22. The summed E-state index contributed by atoms with van der Waals surface area (Å²) in [6, 6.07) is 0. The third-order valence-corrected chi connectivity index (χ3v) is 4.13. The molecule has 0 amide bonds. The van der Waals surface area contributed by atoms with E-state index in [-0.39, 0.29) is 6.10 Å². The van der Waals surface area contributed by atoms with Gasteiger partial charge in [-0.3, -0.25) is 0 Å². The monoisotopic (exact) mass is 235 g/mol. The summed E-state index contributed by atoms with van der Waals surface area (Å²) in [5.41, 5.74) is 1.06. The van der Waals surface area contributed by atoms with E-state index in [1.807, 2.05) is 17.8 Å². The highest BCUT2D eigenvalue weighted by atomic mass is 32.1. The van der Waals surface area contributed by atoms with Crippen molar-refractivity contribution in [3.05, 3.63) is 23.0 Å². The molecular formula is C11H13N3OS. The van der Waals surface area contributed by atoms with Crippen molar-refractivity contribution in [1.82, 2.24) is 14.5 Å². The van der Waals surface area contributed by atoms with Crippen molar-refractivity contribution in [3.63, 3.8) is 0 Å². The Kier molecular flexibility index (Phi) is 2.29. The van der Waals surface area contributed by atoms with Gasteiger partial charge in [-0.15, -0.1) is 11.3 Å². The number of hydrogen-bond donors (Lipinski definition) is 1. The third-order valence-electron chi connectivity index (χ3n) is 2.93. The fraction of sp³-hybridized carbons (Fsp3) is 0.455. The highest BCUT2D eigenvalue weighted by molar-refractivity contribution is 7.15. The molecule has 4 nitrogen and oxygen atoms in total. The summed E-state index contributed by atoms with van der Waals surface area (Å²) in [6.45, 7) is 0. The van der Waals surface area contributed by atoms with Crippen molar-refractivity contribution in [1.29, 1.82) is 0 Å². The Hall–Kier alpha value is -1.20. The minimum Gasteiger partial charge on any atom is -0.388 e. The molecule has 0 aliphatic heterocycles. The van der Waals surface area contributed by atoms with Crippen molar-refractivity contribution in [2.75, 3.05) is 0 Å². The van der Waals surface area contributed by atoms with E-state index < -0.39 is 0 Å². The number of aromatic nitrogens is 3. The molecule has 0 saturated carbocycles. The van der Waals surface area contributed by atoms with Gasteiger partial charge >= 0.3 is 0 Å². The molecule has 3 rings (SSSR count). The molecule has 2 heterocycles. The van der Waals surface area contributed by atoms with Gasteiger partial charge in [0.2, 0.25) is 0 Å². The zero-order valence-electron chi connectivity index (χ0n) is 9.05. The lowest BCUT2D eigenvalue weighted by molar-refractivity contribution is 0.160. The molecule has 5 heteroatoms. The normalized spacial score (nSPS) is 19.8. The number of aryl methyl sites for hydroxylation is 2. The van der Waals surface area contributed by atoms with Crippen LogP contribution >= 0.6 is 11.3 Å². The molecule has 2 aromatic rings. The second-order valence-corrected chi connectivity index (χ2v) is 5.13. The fourth-order valence-corrected chi connectivity index (χ4v) is 3.24. The van der Waals surface area contributed by atoms with Crippen LogP contribution in [-0.4, -0.2) is 19.6 Å². The lowest BCUT2D eigenvalue weighted by atomic mass is 10.0. The Morgan fingerprint density at radius 2 is 2.44 bits per heavy atom. The first-order valence-corrected chi connectivity index (χ1v) is 6.22. The third kappa shape index (κ3) is 1.47. The van der Waals surface area contributed by atoms with Crippen LogP contribution in [-0.2, 0) is 13.5 Å². The van der Waals surface area contributed by atoms with Crippen LogP contribution < -0.4 is 0 Å². The maximum Gasteiger partial charge on any atom is 0.168 e. The Labute approximate surface area is 97.6 Å². The fourth-order valence-electron chi connectivity index (χ4n) is 2.06. The van der Waals surface area contributed by atoms with Crippen molar-refractivity contribution in [2.24, 2.45) is 7.05 Å². The molecule has 0 aromatic carbocycles. The summed E-state index contributed by atoms with van der Waals surface area (Å²) < 4.78 is 1.96. The lowest BCUT2D eigenvalue weighted by Gasteiger charge is -2.14. The second-order valence-electron chi connectivity index (χ2n) is 4.10. The van der Waals surface area contributed by atoms with E-state index in [0.717, 1.165) is 40.7 Å². The number of aliphatic hydroxyl groups excluding tert-OH is 1. The van der Waals surface area contributed by atoms with Gasteiger partial charge in [0.25, 0.3) is 0 Å². The number of fused-ring (bicyclic) bond motifs is 1. The molecule has 1 atom stereocenters. The Balaban J connectivity index is 2.08. The number of rotatable bonds is 1. The summed E-state index contributed by atoms with van der Waals surface area (Å²) in [4.78, 5) is 9.90. The van der Waals surface area contributed by atoms with Gasteiger partial charge in [0.1, 0.15) is 0 Å². The highest BCUT2D eigenvalue weighted by Crippen LogP contribution is 2.37. The van der Waals surface area contributed by atoms with Gasteiger partial charge in [0.05, 0.1) is 16.7 Å². The van der Waals surface area contributed by atoms with Gasteiger partial charge in [0, 0.05) is 19.4 Å². The average molecular weight is 235 g/mol. The van der Waals surface area contributed by atoms with Crippen molar-refractivity contribution in [2.45, 2.75) is 25.4 Å². The molecule has 0 spiro atoms. The minimum atomic E-state index is -0.324. The molecule has 1 N–H and O–H groups in total. The Bertz CT molecular complexity index is 517. The number of imidazole rings is 1. The maximum atomic E-state index is 9.88. The predicted molar refractivity (Wildman–Crippen MR) is 62.2 cm³/mol. The first-order valence-electron chi connectivity index (χ1n) is 5.41. The maximum absolute atomic E-state index is 9.88. The highest BCUT2D eigenvalue weighted by Gasteiger charge is 2.23. The number of thiazole rings is 1. The first kappa shape index (κ1) is 9.99. The Morgan fingerprint density at radius 1 is 1.56 bits per heavy atom. The number of aliphatic hydroxyl groups is 1. The average Bonchev–Trinajstić information content (AvgIpc) is 2.84. The van der Waals surface area contributed by atoms with Crippen molar-refractivity contribution >= 4 is 11.3 Å². The molecule has 0 fully saturated rings. The smallest absolute Gasteiger partial charge is 0.168 e. The zero-order chi connectivity index (χ0) is 11.1. The molecule has 1 unspecified atom stereocenters. The van der Waals surface area contributed by atoms with Crippen LogP contribution in [0.3, 0.4) is 0 Å². The van der Waals surface area contributed by atoms with E-state index in [0.29, 0.717) is 0 Å². The standard InChI is InChI=1S/C11H13N3OS/c1-14-6-5-12-10(14)11-13-7-3-2-4-8(15)9(7)16-11/h5-6,8,15H,2-4H2,1H3. The predicted octanol–water partition coefficient (Wildman–Crippen LogP) is 1.91. The number of hydrogen-bond acceptors (Lipinski definition) is 4. The number of nitrogens with zero attached hydrogens (tertiary/aromatic N) is 3. The van der Waals surface area contributed by atoms with Crippen LogP contribution in [0.15, 0.2) is 12.4 Å². The molecular weight excluding hydrogens is 222 g/mol. The van der Waals surface area contributed by atoms with Gasteiger partial charge in [-0.05, 0) is 19.3 Å². The van der Waals surface area contributed by atoms with E-state index >= 15 is 0 Å². The summed E-state index contributed by atoms with van der Waals surface area (Å²) in [5.74, 6) is 0.881. The van der Waals surface area contributed by atoms with Crippen LogP contribution in [0.4, 0.5) is 0 Å². The Morgan fingerprint density at radius 3 is 3.12 bits per heavy atom. The molecule has 1 aliphatic carbocycles.